The van der Waals surface area contributed by atoms with E-state index in [-0.39, 0.29) is 5.97 Å². The van der Waals surface area contributed by atoms with E-state index in [1.165, 1.54) is 0 Å². The molecule has 0 saturated heterocycles. The average molecular weight is 248 g/mol. The second-order valence-electron chi connectivity index (χ2n) is 3.63. The Hall–Kier alpha value is -0.650. The molecule has 0 amide bonds. The number of unbranched alkanes of at least 4 members (excludes halogenated alkanes) is 2. The molecule has 102 valence electrons. The van der Waals surface area contributed by atoms with Crippen molar-refractivity contribution in [2.45, 2.75) is 25.7 Å². The second-order valence-corrected chi connectivity index (χ2v) is 3.63. The van der Waals surface area contributed by atoms with Crippen LogP contribution < -0.4 is 0 Å². The van der Waals surface area contributed by atoms with Gasteiger partial charge in [0.05, 0.1) is 19.8 Å². The maximum Gasteiger partial charge on any atom is 0.305 e. The molecule has 0 aliphatic rings. The van der Waals surface area contributed by atoms with Crippen LogP contribution in [0.25, 0.3) is 0 Å². The maximum absolute atomic E-state index is 11.2. The van der Waals surface area contributed by atoms with E-state index >= 15 is 0 Å². The van der Waals surface area contributed by atoms with Crippen molar-refractivity contribution in [2.75, 3.05) is 47.3 Å². The SMILES string of the molecule is COCCCCCC(=O)OCCOCCOC. The summed E-state index contributed by atoms with van der Waals surface area (Å²) in [6.07, 6.45) is 3.31. The third-order valence-corrected chi connectivity index (χ3v) is 2.15. The lowest BCUT2D eigenvalue weighted by atomic mass is 10.2. The van der Waals surface area contributed by atoms with Crippen LogP contribution in [0.15, 0.2) is 0 Å². The Morgan fingerprint density at radius 1 is 0.824 bits per heavy atom. The first-order valence-electron chi connectivity index (χ1n) is 6.02. The van der Waals surface area contributed by atoms with Gasteiger partial charge in [0.2, 0.25) is 0 Å². The van der Waals surface area contributed by atoms with Crippen molar-refractivity contribution in [3.8, 4) is 0 Å². The van der Waals surface area contributed by atoms with E-state index in [0.717, 1.165) is 25.9 Å². The van der Waals surface area contributed by atoms with Crippen LogP contribution >= 0.6 is 0 Å². The minimum atomic E-state index is -0.155. The summed E-state index contributed by atoms with van der Waals surface area (Å²) in [5.41, 5.74) is 0. The predicted octanol–water partition coefficient (Wildman–Crippen LogP) is 1.40. The van der Waals surface area contributed by atoms with Gasteiger partial charge in [-0.15, -0.1) is 0 Å². The van der Waals surface area contributed by atoms with E-state index in [1.54, 1.807) is 14.2 Å². The Balaban J connectivity index is 3.12. The van der Waals surface area contributed by atoms with Gasteiger partial charge in [-0.2, -0.15) is 0 Å². The summed E-state index contributed by atoms with van der Waals surface area (Å²) in [5, 5.41) is 0. The highest BCUT2D eigenvalue weighted by molar-refractivity contribution is 5.69. The van der Waals surface area contributed by atoms with Crippen molar-refractivity contribution in [3.63, 3.8) is 0 Å². The molecule has 0 radical (unpaired) electrons. The molecule has 0 fully saturated rings. The van der Waals surface area contributed by atoms with Gasteiger partial charge in [0, 0.05) is 27.2 Å². The van der Waals surface area contributed by atoms with Gasteiger partial charge < -0.3 is 18.9 Å². The minimum absolute atomic E-state index is 0.155. The van der Waals surface area contributed by atoms with E-state index in [1.807, 2.05) is 0 Å². The molecule has 5 heteroatoms. The summed E-state index contributed by atoms with van der Waals surface area (Å²) in [6.45, 7) is 2.60. The maximum atomic E-state index is 11.2. The lowest BCUT2D eigenvalue weighted by Crippen LogP contribution is -2.12. The van der Waals surface area contributed by atoms with E-state index < -0.39 is 0 Å². The molecule has 17 heavy (non-hydrogen) atoms. The molecular formula is C12H24O5. The Labute approximate surface area is 103 Å². The van der Waals surface area contributed by atoms with Crippen molar-refractivity contribution in [1.29, 1.82) is 0 Å². The molecule has 0 N–H and O–H groups in total. The lowest BCUT2D eigenvalue weighted by Gasteiger charge is -2.05. The molecule has 0 bridgehead atoms. The number of carbonyl (C=O) groups excluding carboxylic acids is 1. The molecule has 0 aliphatic heterocycles. The van der Waals surface area contributed by atoms with Crippen LogP contribution in [0.5, 0.6) is 0 Å². The van der Waals surface area contributed by atoms with E-state index in [4.69, 9.17) is 18.9 Å². The number of methoxy groups -OCH3 is 2. The predicted molar refractivity (Wildman–Crippen MR) is 64.0 cm³/mol. The number of hydrogen-bond donors (Lipinski definition) is 0. The molecule has 0 aliphatic carbocycles. The molecule has 0 unspecified atom stereocenters. The highest BCUT2D eigenvalue weighted by Crippen LogP contribution is 2.01. The van der Waals surface area contributed by atoms with Crippen molar-refractivity contribution < 1.29 is 23.7 Å². The number of ether oxygens (including phenoxy) is 4. The largest absolute Gasteiger partial charge is 0.463 e. The Kier molecular flexibility index (Phi) is 12.9. The molecule has 0 atom stereocenters. The molecule has 0 spiro atoms. The zero-order valence-corrected chi connectivity index (χ0v) is 10.9. The van der Waals surface area contributed by atoms with Gasteiger partial charge in [-0.25, -0.2) is 0 Å². The Morgan fingerprint density at radius 3 is 2.24 bits per heavy atom. The minimum Gasteiger partial charge on any atom is -0.463 e. The van der Waals surface area contributed by atoms with Gasteiger partial charge >= 0.3 is 5.97 Å². The molecule has 0 heterocycles. The van der Waals surface area contributed by atoms with Crippen LogP contribution in [0.1, 0.15) is 25.7 Å². The van der Waals surface area contributed by atoms with Crippen LogP contribution in [0.4, 0.5) is 0 Å². The van der Waals surface area contributed by atoms with Gasteiger partial charge in [-0.05, 0) is 12.8 Å². The summed E-state index contributed by atoms with van der Waals surface area (Å²) < 4.78 is 19.9. The number of hydrogen-bond acceptors (Lipinski definition) is 5. The Morgan fingerprint density at radius 2 is 1.53 bits per heavy atom. The lowest BCUT2D eigenvalue weighted by molar-refractivity contribution is -0.145. The van der Waals surface area contributed by atoms with Crippen LogP contribution in [0.3, 0.4) is 0 Å². The zero-order chi connectivity index (χ0) is 12.8. The fraction of sp³-hybridized carbons (Fsp3) is 0.917. The van der Waals surface area contributed by atoms with E-state index in [9.17, 15) is 4.79 Å². The van der Waals surface area contributed by atoms with Gasteiger partial charge in [0.15, 0.2) is 0 Å². The first kappa shape index (κ1) is 16.4. The van der Waals surface area contributed by atoms with Gasteiger partial charge in [-0.3, -0.25) is 4.79 Å². The van der Waals surface area contributed by atoms with E-state index in [2.05, 4.69) is 0 Å². The standard InChI is InChI=1S/C12H24O5/c1-14-7-5-3-4-6-12(13)17-11-10-16-9-8-15-2/h3-11H2,1-2H3. The molecule has 0 aromatic carbocycles. The Bertz CT molecular complexity index is 172. The van der Waals surface area contributed by atoms with Crippen LogP contribution in [0.2, 0.25) is 0 Å². The summed E-state index contributed by atoms with van der Waals surface area (Å²) in [6, 6.07) is 0. The van der Waals surface area contributed by atoms with Crippen LogP contribution in [-0.4, -0.2) is 53.2 Å². The molecule has 0 aromatic rings. The van der Waals surface area contributed by atoms with Crippen molar-refractivity contribution in [2.24, 2.45) is 0 Å². The second kappa shape index (κ2) is 13.4. The molecule has 5 nitrogen and oxygen atoms in total. The molecule has 0 rings (SSSR count). The average Bonchev–Trinajstić information content (AvgIpc) is 2.33. The third-order valence-electron chi connectivity index (χ3n) is 2.15. The fourth-order valence-corrected chi connectivity index (χ4v) is 1.22. The van der Waals surface area contributed by atoms with Crippen molar-refractivity contribution in [1.82, 2.24) is 0 Å². The first-order chi connectivity index (χ1) is 8.31. The zero-order valence-electron chi connectivity index (χ0n) is 10.9. The number of rotatable bonds is 12. The smallest absolute Gasteiger partial charge is 0.305 e. The molecular weight excluding hydrogens is 224 g/mol. The number of esters is 1. The monoisotopic (exact) mass is 248 g/mol. The summed E-state index contributed by atoms with van der Waals surface area (Å²) >= 11 is 0. The fourth-order valence-electron chi connectivity index (χ4n) is 1.22. The first-order valence-corrected chi connectivity index (χ1v) is 6.02. The normalized spacial score (nSPS) is 10.5. The van der Waals surface area contributed by atoms with Gasteiger partial charge in [0.1, 0.15) is 6.61 Å². The van der Waals surface area contributed by atoms with Gasteiger partial charge in [0.25, 0.3) is 0 Å². The summed E-state index contributed by atoms with van der Waals surface area (Å²) in [7, 11) is 3.30. The number of carbonyl (C=O) groups is 1. The molecule has 0 saturated carbocycles. The van der Waals surface area contributed by atoms with Crippen LogP contribution in [0, 0.1) is 0 Å². The quantitative estimate of drug-likeness (QED) is 0.386. The van der Waals surface area contributed by atoms with E-state index in [0.29, 0.717) is 32.8 Å². The summed E-state index contributed by atoms with van der Waals surface area (Å²) in [4.78, 5) is 11.2. The van der Waals surface area contributed by atoms with Crippen LogP contribution in [-0.2, 0) is 23.7 Å². The topological polar surface area (TPSA) is 54.0 Å². The van der Waals surface area contributed by atoms with Crippen molar-refractivity contribution >= 4 is 5.97 Å². The third kappa shape index (κ3) is 13.3. The van der Waals surface area contributed by atoms with Gasteiger partial charge in [-0.1, -0.05) is 6.42 Å². The highest BCUT2D eigenvalue weighted by Gasteiger charge is 2.02. The highest BCUT2D eigenvalue weighted by atomic mass is 16.6. The summed E-state index contributed by atoms with van der Waals surface area (Å²) in [5.74, 6) is -0.155. The molecule has 0 aromatic heterocycles. The van der Waals surface area contributed by atoms with Crippen molar-refractivity contribution in [3.05, 3.63) is 0 Å².